The van der Waals surface area contributed by atoms with E-state index >= 15 is 0 Å². The third-order valence-corrected chi connectivity index (χ3v) is 4.18. The summed E-state index contributed by atoms with van der Waals surface area (Å²) in [5.74, 6) is -1.17. The standard InChI is InChI=1S/C18H20F3N3O3/c1-10(13-6-5-7-14(8-13)18(19,20)21)22-16(25)17(26)24(4)9-15-11(2)23-27-12(15)3/h5-8,10H,9H2,1-4H3,(H,22,25)/t10-/m1/s1. The van der Waals surface area contributed by atoms with Gasteiger partial charge in [0.1, 0.15) is 5.76 Å². The minimum atomic E-state index is -4.48. The van der Waals surface area contributed by atoms with Crippen LogP contribution in [0.5, 0.6) is 0 Å². The lowest BCUT2D eigenvalue weighted by molar-refractivity contribution is -0.145. The number of alkyl halides is 3. The smallest absolute Gasteiger partial charge is 0.361 e. The molecule has 9 heteroatoms. The van der Waals surface area contributed by atoms with E-state index in [4.69, 9.17) is 4.52 Å². The summed E-state index contributed by atoms with van der Waals surface area (Å²) in [6.45, 7) is 5.06. The lowest BCUT2D eigenvalue weighted by atomic mass is 10.0. The molecule has 0 bridgehead atoms. The summed E-state index contributed by atoms with van der Waals surface area (Å²) in [5, 5.41) is 6.21. The van der Waals surface area contributed by atoms with Gasteiger partial charge in [-0.05, 0) is 38.5 Å². The SMILES string of the molecule is Cc1noc(C)c1CN(C)C(=O)C(=O)N[C@H](C)c1cccc(C(F)(F)F)c1. The normalized spacial score (nSPS) is 12.6. The molecule has 1 heterocycles. The van der Waals surface area contributed by atoms with E-state index in [1.807, 2.05) is 0 Å². The Morgan fingerprint density at radius 1 is 1.30 bits per heavy atom. The van der Waals surface area contributed by atoms with Crippen molar-refractivity contribution in [1.82, 2.24) is 15.4 Å². The van der Waals surface area contributed by atoms with Crippen LogP contribution >= 0.6 is 0 Å². The van der Waals surface area contributed by atoms with Crippen LogP contribution in [0.3, 0.4) is 0 Å². The molecule has 1 N–H and O–H groups in total. The number of hydrogen-bond donors (Lipinski definition) is 1. The summed E-state index contributed by atoms with van der Waals surface area (Å²) in [5.41, 5.74) is 0.747. The second-order valence-electron chi connectivity index (χ2n) is 6.28. The summed E-state index contributed by atoms with van der Waals surface area (Å²) in [7, 11) is 1.45. The highest BCUT2D eigenvalue weighted by molar-refractivity contribution is 6.34. The van der Waals surface area contributed by atoms with E-state index in [9.17, 15) is 22.8 Å². The Morgan fingerprint density at radius 3 is 2.52 bits per heavy atom. The van der Waals surface area contributed by atoms with Gasteiger partial charge in [-0.3, -0.25) is 9.59 Å². The molecule has 6 nitrogen and oxygen atoms in total. The van der Waals surface area contributed by atoms with Crippen LogP contribution in [0, 0.1) is 13.8 Å². The molecule has 2 aromatic rings. The van der Waals surface area contributed by atoms with Crippen LogP contribution in [0.15, 0.2) is 28.8 Å². The molecule has 0 saturated carbocycles. The number of aryl methyl sites for hydroxylation is 2. The lowest BCUT2D eigenvalue weighted by Gasteiger charge is -2.19. The number of carbonyl (C=O) groups excluding carboxylic acids is 2. The quantitative estimate of drug-likeness (QED) is 0.823. The fraction of sp³-hybridized carbons (Fsp3) is 0.389. The summed E-state index contributed by atoms with van der Waals surface area (Å²) >= 11 is 0. The second kappa shape index (κ2) is 7.81. The lowest BCUT2D eigenvalue weighted by Crippen LogP contribution is -2.41. The first-order valence-electron chi connectivity index (χ1n) is 8.15. The van der Waals surface area contributed by atoms with Crippen LogP contribution in [0.25, 0.3) is 0 Å². The number of aromatic nitrogens is 1. The highest BCUT2D eigenvalue weighted by Crippen LogP contribution is 2.30. The number of halogens is 3. The Kier molecular flexibility index (Phi) is 5.92. The molecule has 0 fully saturated rings. The number of amides is 2. The zero-order chi connectivity index (χ0) is 20.4. The summed E-state index contributed by atoms with van der Waals surface area (Å²) in [6, 6.07) is 3.84. The zero-order valence-electron chi connectivity index (χ0n) is 15.3. The average Bonchev–Trinajstić information content (AvgIpc) is 2.92. The molecule has 1 aromatic heterocycles. The van der Waals surface area contributed by atoms with Crippen LogP contribution in [0.1, 0.15) is 41.1 Å². The molecule has 0 spiro atoms. The van der Waals surface area contributed by atoms with E-state index in [0.29, 0.717) is 17.0 Å². The average molecular weight is 383 g/mol. The van der Waals surface area contributed by atoms with Gasteiger partial charge in [0, 0.05) is 12.6 Å². The maximum atomic E-state index is 12.8. The molecule has 1 aromatic carbocycles. The highest BCUT2D eigenvalue weighted by atomic mass is 19.4. The van der Waals surface area contributed by atoms with Gasteiger partial charge in [0.25, 0.3) is 0 Å². The monoisotopic (exact) mass is 383 g/mol. The topological polar surface area (TPSA) is 75.4 Å². The predicted octanol–water partition coefficient (Wildman–Crippen LogP) is 3.15. The van der Waals surface area contributed by atoms with Gasteiger partial charge in [-0.2, -0.15) is 13.2 Å². The molecule has 0 radical (unpaired) electrons. The van der Waals surface area contributed by atoms with E-state index in [1.165, 1.54) is 31.0 Å². The van der Waals surface area contributed by atoms with Crippen LogP contribution < -0.4 is 5.32 Å². The Labute approximate surface area is 154 Å². The number of carbonyl (C=O) groups is 2. The Balaban J connectivity index is 2.04. The first-order valence-corrected chi connectivity index (χ1v) is 8.15. The largest absolute Gasteiger partial charge is 0.416 e. The van der Waals surface area contributed by atoms with Gasteiger partial charge in [0.05, 0.1) is 23.8 Å². The number of benzene rings is 1. The Morgan fingerprint density at radius 2 is 1.96 bits per heavy atom. The molecule has 27 heavy (non-hydrogen) atoms. The first-order chi connectivity index (χ1) is 12.5. The van der Waals surface area contributed by atoms with E-state index in [-0.39, 0.29) is 12.1 Å². The molecular weight excluding hydrogens is 363 g/mol. The first kappa shape index (κ1) is 20.5. The van der Waals surface area contributed by atoms with Crippen LogP contribution in [0.4, 0.5) is 13.2 Å². The van der Waals surface area contributed by atoms with Crippen molar-refractivity contribution in [1.29, 1.82) is 0 Å². The fourth-order valence-electron chi connectivity index (χ4n) is 2.54. The molecule has 2 rings (SSSR count). The van der Waals surface area contributed by atoms with Crippen LogP contribution in [-0.4, -0.2) is 28.9 Å². The van der Waals surface area contributed by atoms with Crippen molar-refractivity contribution in [3.05, 3.63) is 52.4 Å². The van der Waals surface area contributed by atoms with E-state index in [2.05, 4.69) is 10.5 Å². The van der Waals surface area contributed by atoms with Crippen molar-refractivity contribution in [2.24, 2.45) is 0 Å². The molecule has 1 atom stereocenters. The van der Waals surface area contributed by atoms with Gasteiger partial charge in [0.2, 0.25) is 0 Å². The summed E-state index contributed by atoms with van der Waals surface area (Å²) in [4.78, 5) is 25.6. The number of nitrogens with one attached hydrogen (secondary N) is 1. The van der Waals surface area contributed by atoms with Crippen molar-refractivity contribution in [2.75, 3.05) is 7.05 Å². The zero-order valence-corrected chi connectivity index (χ0v) is 15.3. The third kappa shape index (κ3) is 4.87. The predicted molar refractivity (Wildman–Crippen MR) is 90.5 cm³/mol. The van der Waals surface area contributed by atoms with E-state index in [0.717, 1.165) is 12.1 Å². The molecular formula is C18H20F3N3O3. The van der Waals surface area contributed by atoms with E-state index < -0.39 is 29.6 Å². The van der Waals surface area contributed by atoms with Gasteiger partial charge in [-0.15, -0.1) is 0 Å². The minimum absolute atomic E-state index is 0.130. The number of likely N-dealkylation sites (N-methyl/N-ethyl adjacent to an activating group) is 1. The number of nitrogens with zero attached hydrogens (tertiary/aromatic N) is 2. The molecule has 0 aliphatic rings. The minimum Gasteiger partial charge on any atom is -0.361 e. The molecule has 146 valence electrons. The third-order valence-electron chi connectivity index (χ3n) is 4.18. The molecule has 0 unspecified atom stereocenters. The Bertz CT molecular complexity index is 826. The van der Waals surface area contributed by atoms with Gasteiger partial charge >= 0.3 is 18.0 Å². The van der Waals surface area contributed by atoms with E-state index in [1.54, 1.807) is 13.8 Å². The van der Waals surface area contributed by atoms with Gasteiger partial charge in [0.15, 0.2) is 0 Å². The van der Waals surface area contributed by atoms with Gasteiger partial charge in [-0.1, -0.05) is 17.3 Å². The van der Waals surface area contributed by atoms with Crippen molar-refractivity contribution >= 4 is 11.8 Å². The molecule has 2 amide bonds. The maximum Gasteiger partial charge on any atom is 0.416 e. The maximum absolute atomic E-state index is 12.8. The molecule has 0 aliphatic heterocycles. The second-order valence-corrected chi connectivity index (χ2v) is 6.28. The van der Waals surface area contributed by atoms with Gasteiger partial charge < -0.3 is 14.7 Å². The van der Waals surface area contributed by atoms with Gasteiger partial charge in [-0.25, -0.2) is 0 Å². The van der Waals surface area contributed by atoms with Crippen molar-refractivity contribution in [2.45, 2.75) is 39.5 Å². The highest BCUT2D eigenvalue weighted by Gasteiger charge is 2.31. The Hall–Kier alpha value is -2.84. The van der Waals surface area contributed by atoms with Crippen LogP contribution in [-0.2, 0) is 22.3 Å². The molecule has 0 aliphatic carbocycles. The summed E-state index contributed by atoms with van der Waals surface area (Å²) in [6.07, 6.45) is -4.48. The van der Waals surface area contributed by atoms with Crippen molar-refractivity contribution in [3.63, 3.8) is 0 Å². The number of hydrogen-bond acceptors (Lipinski definition) is 4. The van der Waals surface area contributed by atoms with Crippen LogP contribution in [0.2, 0.25) is 0 Å². The fourth-order valence-corrected chi connectivity index (χ4v) is 2.54. The molecule has 0 saturated heterocycles. The van der Waals surface area contributed by atoms with Crippen molar-refractivity contribution < 1.29 is 27.3 Å². The number of rotatable bonds is 4. The summed E-state index contributed by atoms with van der Waals surface area (Å²) < 4.78 is 43.5. The van der Waals surface area contributed by atoms with Crippen molar-refractivity contribution in [3.8, 4) is 0 Å².